The number of fused-ring (bicyclic) bond motifs is 1. The lowest BCUT2D eigenvalue weighted by Gasteiger charge is -2.29. The molecule has 0 spiro atoms. The lowest BCUT2D eigenvalue weighted by atomic mass is 9.97. The molecule has 2 aromatic rings. The molecule has 1 amide bonds. The number of amides is 1. The lowest BCUT2D eigenvalue weighted by molar-refractivity contribution is -0.118. The Kier molecular flexibility index (Phi) is 10.7. The van der Waals surface area contributed by atoms with E-state index >= 15 is 0 Å². The Morgan fingerprint density at radius 1 is 1.09 bits per heavy atom. The average molecular weight is 590 g/mol. The van der Waals surface area contributed by atoms with E-state index in [0.29, 0.717) is 6.54 Å². The van der Waals surface area contributed by atoms with Crippen LogP contribution >= 0.6 is 0 Å². The number of carbonyl (C=O) groups is 2. The van der Waals surface area contributed by atoms with Crippen molar-refractivity contribution in [1.29, 1.82) is 0 Å². The summed E-state index contributed by atoms with van der Waals surface area (Å²) in [4.78, 5) is 32.8. The van der Waals surface area contributed by atoms with E-state index < -0.39 is 29.7 Å². The van der Waals surface area contributed by atoms with Gasteiger partial charge in [-0.15, -0.1) is 0 Å². The van der Waals surface area contributed by atoms with Gasteiger partial charge in [0.2, 0.25) is 5.78 Å². The van der Waals surface area contributed by atoms with Crippen molar-refractivity contribution in [3.8, 4) is 11.5 Å². The Morgan fingerprint density at radius 3 is 2.37 bits per heavy atom. The fraction of sp³-hybridized carbons (Fsp3) is 0.382. The highest BCUT2D eigenvalue weighted by Crippen LogP contribution is 2.36. The number of likely N-dealkylation sites (tertiary alicyclic amines) is 1. The Balaban J connectivity index is 1.54. The van der Waals surface area contributed by atoms with Crippen molar-refractivity contribution >= 4 is 23.0 Å². The molecule has 9 heteroatoms. The molecule has 4 rings (SSSR count). The molecule has 2 aliphatic rings. The number of aliphatic hydroxyl groups excluding tert-OH is 1. The number of aliphatic imine (C=N–C) groups is 1. The normalized spacial score (nSPS) is 16.8. The van der Waals surface area contributed by atoms with Gasteiger partial charge < -0.3 is 24.8 Å². The van der Waals surface area contributed by atoms with Gasteiger partial charge >= 0.3 is 0 Å². The van der Waals surface area contributed by atoms with Crippen LogP contribution in [-0.4, -0.2) is 73.3 Å². The van der Waals surface area contributed by atoms with Crippen LogP contribution in [0.3, 0.4) is 0 Å². The molecular weight excluding hydrogens is 549 g/mol. The van der Waals surface area contributed by atoms with E-state index in [1.165, 1.54) is 12.1 Å². The summed E-state index contributed by atoms with van der Waals surface area (Å²) in [6, 6.07) is 8.57. The van der Waals surface area contributed by atoms with Gasteiger partial charge in [-0.25, -0.2) is 4.39 Å². The zero-order valence-electron chi connectivity index (χ0n) is 25.3. The number of halogens is 1. The third-order valence-electron chi connectivity index (χ3n) is 7.78. The van der Waals surface area contributed by atoms with E-state index in [1.54, 1.807) is 37.4 Å². The van der Waals surface area contributed by atoms with Crippen LogP contribution in [0.2, 0.25) is 0 Å². The maximum absolute atomic E-state index is 14.8. The molecule has 2 heterocycles. The predicted molar refractivity (Wildman–Crippen MR) is 166 cm³/mol. The number of carbonyl (C=O) groups excluding carboxylic acids is 2. The molecule has 0 aliphatic carbocycles. The Hall–Kier alpha value is -4.08. The minimum absolute atomic E-state index is 0.00103. The summed E-state index contributed by atoms with van der Waals surface area (Å²) in [7, 11) is 1.74. The molecule has 0 aromatic heterocycles. The van der Waals surface area contributed by atoms with Crippen molar-refractivity contribution in [3.05, 3.63) is 88.8 Å². The van der Waals surface area contributed by atoms with Gasteiger partial charge in [-0.2, -0.15) is 0 Å². The number of benzene rings is 2. The van der Waals surface area contributed by atoms with E-state index in [0.717, 1.165) is 53.9 Å². The van der Waals surface area contributed by atoms with Crippen LogP contribution in [-0.2, 0) is 4.79 Å². The van der Waals surface area contributed by atoms with Crippen LogP contribution in [0.25, 0.3) is 5.57 Å². The quantitative estimate of drug-likeness (QED) is 0.164. The average Bonchev–Trinajstić information content (AvgIpc) is 3.53. The first-order chi connectivity index (χ1) is 20.6. The number of rotatable bonds is 11. The number of ketones is 1. The smallest absolute Gasteiger partial charge is 0.292 e. The number of allylic oxidation sites excluding steroid dienone is 5. The highest BCUT2D eigenvalue weighted by atomic mass is 19.1. The van der Waals surface area contributed by atoms with Crippen LogP contribution in [0.1, 0.15) is 61.2 Å². The molecule has 43 heavy (non-hydrogen) atoms. The predicted octanol–water partition coefficient (Wildman–Crippen LogP) is 5.09. The third kappa shape index (κ3) is 7.66. The molecule has 0 unspecified atom stereocenters. The monoisotopic (exact) mass is 589 g/mol. The molecule has 8 nitrogen and oxygen atoms in total. The van der Waals surface area contributed by atoms with E-state index in [1.807, 2.05) is 26.8 Å². The SMILES string of the molecule is C=C/C(=C\C(=C(C)C)/C(C)=N\C)c1ccc(C(=O)C(=O)N[C@H](CN2CCCC2)[C@H](O)c2cc(F)c3c(c2)OCCO3)cc1. The summed E-state index contributed by atoms with van der Waals surface area (Å²) in [5.74, 6) is -2.04. The van der Waals surface area contributed by atoms with E-state index in [-0.39, 0.29) is 35.8 Å². The van der Waals surface area contributed by atoms with Crippen LogP contribution in [0, 0.1) is 5.82 Å². The maximum Gasteiger partial charge on any atom is 0.292 e. The Morgan fingerprint density at radius 2 is 1.74 bits per heavy atom. The standard InChI is InChI=1S/C34H40FN3O5/c1-6-23(17-27(21(2)3)22(4)36-5)24-9-11-25(12-10-24)32(40)34(41)37-29(20-38-13-7-8-14-38)31(39)26-18-28(35)33-30(19-26)42-15-16-43-33/h6,9-12,17-19,29,31,39H,1,7-8,13-16,20H2,2-5H3,(H,37,41)/b23-17+,36-22-/t29-,31-/m1/s1. The number of nitrogens with one attached hydrogen (secondary N) is 1. The van der Waals surface area contributed by atoms with E-state index in [2.05, 4.69) is 21.8 Å². The molecule has 0 saturated carbocycles. The first-order valence-corrected chi connectivity index (χ1v) is 14.5. The second kappa shape index (κ2) is 14.4. The molecule has 1 saturated heterocycles. The maximum atomic E-state index is 14.8. The van der Waals surface area contributed by atoms with Crippen LogP contribution in [0.5, 0.6) is 11.5 Å². The summed E-state index contributed by atoms with van der Waals surface area (Å²) >= 11 is 0. The summed E-state index contributed by atoms with van der Waals surface area (Å²) in [6.45, 7) is 12.3. The molecule has 2 N–H and O–H groups in total. The van der Waals surface area contributed by atoms with Crippen LogP contribution in [0.15, 0.2) is 71.3 Å². The lowest BCUT2D eigenvalue weighted by Crippen LogP contribution is -2.48. The highest BCUT2D eigenvalue weighted by molar-refractivity contribution is 6.42. The molecule has 2 aromatic carbocycles. The number of hydrogen-bond donors (Lipinski definition) is 2. The number of ether oxygens (including phenoxy) is 2. The van der Waals surface area contributed by atoms with Crippen LogP contribution in [0.4, 0.5) is 4.39 Å². The summed E-state index contributed by atoms with van der Waals surface area (Å²) < 4.78 is 25.6. The van der Waals surface area contributed by atoms with Gasteiger partial charge in [-0.1, -0.05) is 42.5 Å². The summed E-state index contributed by atoms with van der Waals surface area (Å²) in [6.07, 6.45) is 4.45. The first kappa shape index (κ1) is 31.8. The Labute approximate surface area is 252 Å². The molecule has 2 atom stereocenters. The highest BCUT2D eigenvalue weighted by Gasteiger charge is 2.31. The molecule has 228 valence electrons. The van der Waals surface area contributed by atoms with Crippen molar-refractivity contribution in [3.63, 3.8) is 0 Å². The third-order valence-corrected chi connectivity index (χ3v) is 7.78. The second-order valence-corrected chi connectivity index (χ2v) is 11.0. The minimum Gasteiger partial charge on any atom is -0.486 e. The van der Waals surface area contributed by atoms with Gasteiger partial charge in [0, 0.05) is 24.9 Å². The fourth-order valence-corrected chi connectivity index (χ4v) is 5.33. The van der Waals surface area contributed by atoms with Gasteiger partial charge in [-0.3, -0.25) is 14.6 Å². The molecule has 2 aliphatic heterocycles. The zero-order chi connectivity index (χ0) is 31.1. The summed E-state index contributed by atoms with van der Waals surface area (Å²) in [5.41, 5.74) is 5.12. The van der Waals surface area contributed by atoms with E-state index in [9.17, 15) is 19.1 Å². The second-order valence-electron chi connectivity index (χ2n) is 11.0. The number of Topliss-reactive ketones (excluding diaryl/α,β-unsaturated/α-hetero) is 1. The molecule has 0 radical (unpaired) electrons. The minimum atomic E-state index is -1.29. The van der Waals surface area contributed by atoms with Gasteiger partial charge in [0.05, 0.1) is 6.04 Å². The molecule has 0 bridgehead atoms. The molecular formula is C34H40FN3O5. The number of hydrogen-bond acceptors (Lipinski definition) is 7. The van der Waals surface area contributed by atoms with Crippen molar-refractivity contribution in [1.82, 2.24) is 10.2 Å². The number of aliphatic hydroxyl groups is 1. The molecule has 1 fully saturated rings. The van der Waals surface area contributed by atoms with Crippen molar-refractivity contribution in [2.45, 2.75) is 45.8 Å². The van der Waals surface area contributed by atoms with Gasteiger partial charge in [0.25, 0.3) is 5.91 Å². The Bertz CT molecular complexity index is 1450. The summed E-state index contributed by atoms with van der Waals surface area (Å²) in [5, 5.41) is 14.0. The number of nitrogens with zero attached hydrogens (tertiary/aromatic N) is 2. The van der Waals surface area contributed by atoms with Gasteiger partial charge in [-0.05, 0) is 87.2 Å². The fourth-order valence-electron chi connectivity index (χ4n) is 5.33. The van der Waals surface area contributed by atoms with Crippen molar-refractivity contribution < 1.29 is 28.6 Å². The van der Waals surface area contributed by atoms with Crippen molar-refractivity contribution in [2.24, 2.45) is 4.99 Å². The van der Waals surface area contributed by atoms with Gasteiger partial charge in [0.15, 0.2) is 17.3 Å². The zero-order valence-corrected chi connectivity index (χ0v) is 25.3. The van der Waals surface area contributed by atoms with E-state index in [4.69, 9.17) is 9.47 Å². The topological polar surface area (TPSA) is 100 Å². The van der Waals surface area contributed by atoms with Crippen molar-refractivity contribution in [2.75, 3.05) is 39.9 Å². The van der Waals surface area contributed by atoms with Gasteiger partial charge in [0.1, 0.15) is 19.3 Å². The van der Waals surface area contributed by atoms with Crippen LogP contribution < -0.4 is 14.8 Å². The first-order valence-electron chi connectivity index (χ1n) is 14.5. The largest absolute Gasteiger partial charge is 0.486 e.